The Labute approximate surface area is 178 Å². The van der Waals surface area contributed by atoms with Crippen molar-refractivity contribution in [2.24, 2.45) is 4.99 Å². The summed E-state index contributed by atoms with van der Waals surface area (Å²) in [5.41, 5.74) is 7.38. The second-order valence-electron chi connectivity index (χ2n) is 7.70. The maximum absolute atomic E-state index is 13.0. The topological polar surface area (TPSA) is 32.7 Å². The van der Waals surface area contributed by atoms with Crippen molar-refractivity contribution in [1.29, 1.82) is 0 Å². The molecule has 2 atom stereocenters. The number of hydrogen-bond acceptors (Lipinski definition) is 3. The third kappa shape index (κ3) is 2.87. The van der Waals surface area contributed by atoms with Crippen LogP contribution in [0.4, 0.5) is 0 Å². The summed E-state index contributed by atoms with van der Waals surface area (Å²) in [4.78, 5) is 20.0. The van der Waals surface area contributed by atoms with Gasteiger partial charge in [0.1, 0.15) is 0 Å². The average Bonchev–Trinajstić information content (AvgIpc) is 2.85. The molecule has 1 saturated heterocycles. The van der Waals surface area contributed by atoms with Crippen molar-refractivity contribution >= 4 is 44.5 Å². The lowest BCUT2D eigenvalue weighted by Gasteiger charge is -2.34. The number of hydrogen-bond donors (Lipinski definition) is 0. The van der Waals surface area contributed by atoms with E-state index in [1.54, 1.807) is 11.8 Å². The highest BCUT2D eigenvalue weighted by molar-refractivity contribution is 9.10. The van der Waals surface area contributed by atoms with Crippen LogP contribution in [0.1, 0.15) is 48.1 Å². The van der Waals surface area contributed by atoms with E-state index in [2.05, 4.69) is 65.3 Å². The van der Waals surface area contributed by atoms with Crippen LogP contribution in [0.25, 0.3) is 5.70 Å². The van der Waals surface area contributed by atoms with E-state index in [-0.39, 0.29) is 17.2 Å². The highest BCUT2D eigenvalue weighted by atomic mass is 79.9. The number of halogens is 1. The molecule has 28 heavy (non-hydrogen) atoms. The number of nitrogens with zero attached hydrogens (tertiary/aromatic N) is 2. The van der Waals surface area contributed by atoms with E-state index < -0.39 is 0 Å². The van der Waals surface area contributed by atoms with E-state index in [9.17, 15) is 4.79 Å². The van der Waals surface area contributed by atoms with Gasteiger partial charge in [0, 0.05) is 10.0 Å². The lowest BCUT2D eigenvalue weighted by Crippen LogP contribution is -2.38. The number of carbonyl (C=O) groups excluding carboxylic acids is 1. The van der Waals surface area contributed by atoms with Gasteiger partial charge in [-0.25, -0.2) is 4.99 Å². The lowest BCUT2D eigenvalue weighted by molar-refractivity contribution is -0.127. The molecule has 2 aromatic rings. The summed E-state index contributed by atoms with van der Waals surface area (Å²) in [7, 11) is 0. The first-order valence-corrected chi connectivity index (χ1v) is 11.4. The minimum absolute atomic E-state index is 0.0630. The molecule has 0 spiro atoms. The van der Waals surface area contributed by atoms with Gasteiger partial charge < -0.3 is 0 Å². The van der Waals surface area contributed by atoms with Crippen molar-refractivity contribution in [3.63, 3.8) is 0 Å². The molecule has 5 rings (SSSR count). The average molecular weight is 453 g/mol. The van der Waals surface area contributed by atoms with Crippen LogP contribution in [0.15, 0.2) is 57.5 Å². The van der Waals surface area contributed by atoms with Crippen LogP contribution < -0.4 is 0 Å². The van der Waals surface area contributed by atoms with E-state index in [0.29, 0.717) is 0 Å². The van der Waals surface area contributed by atoms with Crippen molar-refractivity contribution in [2.45, 2.75) is 44.4 Å². The first kappa shape index (κ1) is 18.2. The Morgan fingerprint density at radius 2 is 1.93 bits per heavy atom. The Hall–Kier alpha value is -1.85. The number of carbonyl (C=O) groups is 1. The van der Waals surface area contributed by atoms with Gasteiger partial charge in [0.25, 0.3) is 0 Å². The van der Waals surface area contributed by atoms with E-state index in [1.807, 2.05) is 11.8 Å². The molecule has 3 nitrogen and oxygen atoms in total. The molecular formula is C23H21BrN2OS. The van der Waals surface area contributed by atoms with Gasteiger partial charge in [-0.3, -0.25) is 9.69 Å². The van der Waals surface area contributed by atoms with Crippen LogP contribution in [0.5, 0.6) is 0 Å². The summed E-state index contributed by atoms with van der Waals surface area (Å²) in [5.74, 6) is 0.164. The molecule has 2 unspecified atom stereocenters. The van der Waals surface area contributed by atoms with Gasteiger partial charge in [-0.05, 0) is 68.0 Å². The predicted octanol–water partition coefficient (Wildman–Crippen LogP) is 5.88. The van der Waals surface area contributed by atoms with E-state index in [4.69, 9.17) is 4.99 Å². The first-order valence-electron chi connectivity index (χ1n) is 9.70. The molecule has 0 bridgehead atoms. The molecule has 3 aliphatic rings. The molecule has 2 aliphatic heterocycles. The van der Waals surface area contributed by atoms with Crippen LogP contribution in [0, 0.1) is 6.92 Å². The fourth-order valence-corrected chi connectivity index (χ4v) is 5.66. The molecule has 5 heteroatoms. The van der Waals surface area contributed by atoms with Crippen molar-refractivity contribution in [1.82, 2.24) is 4.90 Å². The molecule has 0 saturated carbocycles. The highest BCUT2D eigenvalue weighted by Gasteiger charge is 2.45. The number of thioether (sulfide) groups is 1. The van der Waals surface area contributed by atoms with Crippen LogP contribution in [-0.4, -0.2) is 21.2 Å². The number of amides is 1. The standard InChI is InChI=1S/C23H21BrN2OS/c1-13-6-7-15-4-3-5-18-20(19(15)12-13)25-23-26(22(27)14(2)28-23)21(18)16-8-10-17(24)11-9-16/h6-12,14,21H,3-5H2,1-2H3. The number of amidine groups is 1. The van der Waals surface area contributed by atoms with Gasteiger partial charge >= 0.3 is 0 Å². The van der Waals surface area contributed by atoms with Crippen molar-refractivity contribution in [3.8, 4) is 0 Å². The maximum Gasteiger partial charge on any atom is 0.242 e. The molecule has 1 fully saturated rings. The fourth-order valence-electron chi connectivity index (χ4n) is 4.41. The van der Waals surface area contributed by atoms with Crippen LogP contribution in [0.3, 0.4) is 0 Å². The Morgan fingerprint density at radius 3 is 2.71 bits per heavy atom. The van der Waals surface area contributed by atoms with Gasteiger partial charge in [0.05, 0.1) is 17.0 Å². The number of aryl methyl sites for hydroxylation is 2. The summed E-state index contributed by atoms with van der Waals surface area (Å²) in [6, 6.07) is 15.0. The smallest absolute Gasteiger partial charge is 0.242 e. The first-order chi connectivity index (χ1) is 13.5. The lowest BCUT2D eigenvalue weighted by atomic mass is 9.90. The van der Waals surface area contributed by atoms with Crippen molar-refractivity contribution in [2.75, 3.05) is 0 Å². The van der Waals surface area contributed by atoms with Crippen molar-refractivity contribution < 1.29 is 4.79 Å². The van der Waals surface area contributed by atoms with Gasteiger partial charge in [-0.15, -0.1) is 0 Å². The quantitative estimate of drug-likeness (QED) is 0.540. The third-order valence-electron chi connectivity index (χ3n) is 5.77. The third-order valence-corrected chi connectivity index (χ3v) is 7.35. The predicted molar refractivity (Wildman–Crippen MR) is 119 cm³/mol. The summed E-state index contributed by atoms with van der Waals surface area (Å²) in [6.07, 6.45) is 3.10. The van der Waals surface area contributed by atoms with Crippen LogP contribution in [-0.2, 0) is 11.2 Å². The zero-order valence-corrected chi connectivity index (χ0v) is 18.3. The molecule has 2 aromatic carbocycles. The summed E-state index contributed by atoms with van der Waals surface area (Å²) >= 11 is 5.12. The number of benzene rings is 2. The normalized spacial score (nSPS) is 23.8. The molecule has 0 N–H and O–H groups in total. The highest BCUT2D eigenvalue weighted by Crippen LogP contribution is 2.48. The van der Waals surface area contributed by atoms with Crippen LogP contribution >= 0.6 is 27.7 Å². The Bertz CT molecular complexity index is 1040. The molecule has 1 aliphatic carbocycles. The SMILES string of the molecule is Cc1ccc2c(c1)C1=C(CCC2)C(c2ccc(Br)cc2)N2C(=O)C(C)SC2=N1. The molecule has 0 aromatic heterocycles. The minimum Gasteiger partial charge on any atom is -0.279 e. The zero-order chi connectivity index (χ0) is 19.4. The molecular weight excluding hydrogens is 432 g/mol. The largest absolute Gasteiger partial charge is 0.279 e. The molecule has 0 radical (unpaired) electrons. The van der Waals surface area contributed by atoms with Crippen molar-refractivity contribution in [3.05, 3.63) is 74.8 Å². The Morgan fingerprint density at radius 1 is 1.14 bits per heavy atom. The molecule has 142 valence electrons. The Balaban J connectivity index is 1.75. The maximum atomic E-state index is 13.0. The zero-order valence-electron chi connectivity index (χ0n) is 15.9. The van der Waals surface area contributed by atoms with Gasteiger partial charge in [-0.1, -0.05) is 57.5 Å². The van der Waals surface area contributed by atoms with Gasteiger partial charge in [0.15, 0.2) is 5.17 Å². The summed E-state index contributed by atoms with van der Waals surface area (Å²) < 4.78 is 1.05. The monoisotopic (exact) mass is 452 g/mol. The summed E-state index contributed by atoms with van der Waals surface area (Å²) in [5, 5.41) is 0.760. The second kappa shape index (κ2) is 6.89. The van der Waals surface area contributed by atoms with E-state index in [0.717, 1.165) is 40.2 Å². The molecule has 2 heterocycles. The van der Waals surface area contributed by atoms with Crippen LogP contribution in [0.2, 0.25) is 0 Å². The number of rotatable bonds is 1. The summed E-state index contributed by atoms with van der Waals surface area (Å²) in [6.45, 7) is 4.12. The Kier molecular flexibility index (Phi) is 4.48. The number of fused-ring (bicyclic) bond motifs is 3. The van der Waals surface area contributed by atoms with Gasteiger partial charge in [0.2, 0.25) is 5.91 Å². The fraction of sp³-hybridized carbons (Fsp3) is 0.304. The van der Waals surface area contributed by atoms with E-state index in [1.165, 1.54) is 22.3 Å². The minimum atomic E-state index is -0.0859. The molecule has 1 amide bonds. The number of aliphatic imine (C=N–C) groups is 1. The van der Waals surface area contributed by atoms with E-state index >= 15 is 0 Å². The van der Waals surface area contributed by atoms with Gasteiger partial charge in [-0.2, -0.15) is 0 Å². The second-order valence-corrected chi connectivity index (χ2v) is 9.93.